The Morgan fingerprint density at radius 2 is 1.88 bits per heavy atom. The predicted octanol–water partition coefficient (Wildman–Crippen LogP) is 2.61. The van der Waals surface area contributed by atoms with E-state index in [0.717, 1.165) is 0 Å². The molecule has 0 unspecified atom stereocenters. The number of hydrogen-bond acceptors (Lipinski definition) is 6. The molecule has 130 valence electrons. The topological polar surface area (TPSA) is 94.1 Å². The Balaban J connectivity index is 1.56. The Kier molecular flexibility index (Phi) is 4.95. The summed E-state index contributed by atoms with van der Waals surface area (Å²) in [5.74, 6) is -0.532. The first-order valence-electron chi connectivity index (χ1n) is 7.38. The van der Waals surface area contributed by atoms with Crippen LogP contribution in [0.15, 0.2) is 36.4 Å². The number of fused-ring (bicyclic) bond motifs is 1. The summed E-state index contributed by atoms with van der Waals surface area (Å²) in [4.78, 5) is 23.8. The first-order valence-corrected chi connectivity index (χ1v) is 7.76. The fraction of sp³-hybridized carbons (Fsp3) is 0.176. The normalized spacial score (nSPS) is 12.4. The molecule has 0 aromatic heterocycles. The van der Waals surface area contributed by atoms with Gasteiger partial charge in [0.15, 0.2) is 18.1 Å². The van der Waals surface area contributed by atoms with Gasteiger partial charge in [-0.3, -0.25) is 4.79 Å². The average Bonchev–Trinajstić information content (AvgIpc) is 2.59. The van der Waals surface area contributed by atoms with Crippen molar-refractivity contribution in [1.82, 2.24) is 0 Å². The lowest BCUT2D eigenvalue weighted by molar-refractivity contribution is -0.119. The lowest BCUT2D eigenvalue weighted by Crippen LogP contribution is -2.21. The number of esters is 1. The smallest absolute Gasteiger partial charge is 0.342 e. The van der Waals surface area contributed by atoms with Gasteiger partial charge in [0.05, 0.1) is 0 Å². The highest BCUT2D eigenvalue weighted by Crippen LogP contribution is 2.32. The SMILES string of the molecule is O=C(COC(=O)c1ccc(Cl)cc1O)Nc1ccc2c(c1)OCCO2. The molecule has 0 fully saturated rings. The minimum Gasteiger partial charge on any atom is -0.507 e. The molecule has 7 nitrogen and oxygen atoms in total. The zero-order chi connectivity index (χ0) is 17.8. The molecule has 1 amide bonds. The van der Waals surface area contributed by atoms with Gasteiger partial charge in [0, 0.05) is 16.8 Å². The summed E-state index contributed by atoms with van der Waals surface area (Å²) in [6.07, 6.45) is 0. The molecule has 2 N–H and O–H groups in total. The van der Waals surface area contributed by atoms with Crippen LogP contribution in [-0.4, -0.2) is 36.8 Å². The summed E-state index contributed by atoms with van der Waals surface area (Å²) in [6, 6.07) is 8.93. The molecule has 8 heteroatoms. The first-order chi connectivity index (χ1) is 12.0. The van der Waals surface area contributed by atoms with E-state index in [-0.39, 0.29) is 16.3 Å². The number of amides is 1. The number of anilines is 1. The van der Waals surface area contributed by atoms with Gasteiger partial charge >= 0.3 is 5.97 Å². The molecule has 1 aliphatic heterocycles. The number of benzene rings is 2. The number of ether oxygens (including phenoxy) is 3. The van der Waals surface area contributed by atoms with E-state index in [9.17, 15) is 14.7 Å². The van der Waals surface area contributed by atoms with E-state index < -0.39 is 18.5 Å². The van der Waals surface area contributed by atoms with Gasteiger partial charge in [-0.1, -0.05) is 11.6 Å². The van der Waals surface area contributed by atoms with Crippen molar-refractivity contribution in [2.45, 2.75) is 0 Å². The van der Waals surface area contributed by atoms with Crippen molar-refractivity contribution in [2.24, 2.45) is 0 Å². The van der Waals surface area contributed by atoms with Gasteiger partial charge in [0.2, 0.25) is 0 Å². The second kappa shape index (κ2) is 7.31. The van der Waals surface area contributed by atoms with E-state index >= 15 is 0 Å². The number of carbonyl (C=O) groups excluding carboxylic acids is 2. The van der Waals surface area contributed by atoms with Crippen LogP contribution in [0.3, 0.4) is 0 Å². The second-order valence-corrected chi connectivity index (χ2v) is 5.58. The van der Waals surface area contributed by atoms with E-state index in [1.54, 1.807) is 18.2 Å². The van der Waals surface area contributed by atoms with Gasteiger partial charge in [-0.2, -0.15) is 0 Å². The molecular formula is C17H14ClNO6. The third-order valence-corrected chi connectivity index (χ3v) is 3.58. The molecule has 0 aliphatic carbocycles. The zero-order valence-corrected chi connectivity index (χ0v) is 13.7. The molecule has 25 heavy (non-hydrogen) atoms. The molecule has 0 atom stereocenters. The van der Waals surface area contributed by atoms with Crippen LogP contribution in [0.5, 0.6) is 17.2 Å². The maximum Gasteiger partial charge on any atom is 0.342 e. The number of halogens is 1. The summed E-state index contributed by atoms with van der Waals surface area (Å²) in [7, 11) is 0. The van der Waals surface area contributed by atoms with Crippen LogP contribution in [0.25, 0.3) is 0 Å². The predicted molar refractivity (Wildman–Crippen MR) is 89.5 cm³/mol. The molecule has 0 spiro atoms. The highest BCUT2D eigenvalue weighted by Gasteiger charge is 2.16. The average molecular weight is 364 g/mol. The quantitative estimate of drug-likeness (QED) is 0.811. The third kappa shape index (κ3) is 4.13. The first kappa shape index (κ1) is 16.9. The summed E-state index contributed by atoms with van der Waals surface area (Å²) >= 11 is 5.69. The van der Waals surface area contributed by atoms with Crippen molar-refractivity contribution >= 4 is 29.2 Å². The molecule has 2 aromatic rings. The van der Waals surface area contributed by atoms with E-state index in [4.69, 9.17) is 25.8 Å². The number of rotatable bonds is 4. The van der Waals surface area contributed by atoms with E-state index in [2.05, 4.69) is 5.32 Å². The van der Waals surface area contributed by atoms with E-state index in [0.29, 0.717) is 30.4 Å². The Morgan fingerprint density at radius 1 is 1.12 bits per heavy atom. The Labute approximate surface area is 148 Å². The number of carbonyl (C=O) groups is 2. The minimum absolute atomic E-state index is 0.0727. The number of aromatic hydroxyl groups is 1. The van der Waals surface area contributed by atoms with Crippen molar-refractivity contribution in [3.05, 3.63) is 47.0 Å². The lowest BCUT2D eigenvalue weighted by atomic mass is 10.2. The molecule has 0 saturated carbocycles. The van der Waals surface area contributed by atoms with Gasteiger partial charge in [-0.05, 0) is 30.3 Å². The van der Waals surface area contributed by atoms with Crippen molar-refractivity contribution < 1.29 is 28.9 Å². The number of nitrogens with one attached hydrogen (secondary N) is 1. The molecule has 1 heterocycles. The van der Waals surface area contributed by atoms with Crippen LogP contribution >= 0.6 is 11.6 Å². The largest absolute Gasteiger partial charge is 0.507 e. The Morgan fingerprint density at radius 3 is 2.64 bits per heavy atom. The van der Waals surface area contributed by atoms with Gasteiger partial charge in [-0.25, -0.2) is 4.79 Å². The number of hydrogen-bond donors (Lipinski definition) is 2. The highest BCUT2D eigenvalue weighted by molar-refractivity contribution is 6.30. The van der Waals surface area contributed by atoms with Crippen LogP contribution in [0.1, 0.15) is 10.4 Å². The van der Waals surface area contributed by atoms with Gasteiger partial charge in [-0.15, -0.1) is 0 Å². The molecule has 1 aliphatic rings. The van der Waals surface area contributed by atoms with Crippen molar-refractivity contribution in [3.8, 4) is 17.2 Å². The van der Waals surface area contributed by atoms with Crippen LogP contribution in [0.2, 0.25) is 5.02 Å². The van der Waals surface area contributed by atoms with E-state index in [1.807, 2.05) is 0 Å². The Bertz CT molecular complexity index is 823. The maximum atomic E-state index is 11.9. The molecule has 3 rings (SSSR count). The van der Waals surface area contributed by atoms with Crippen molar-refractivity contribution in [1.29, 1.82) is 0 Å². The van der Waals surface area contributed by atoms with Crippen molar-refractivity contribution in [2.75, 3.05) is 25.1 Å². The van der Waals surface area contributed by atoms with Crippen LogP contribution in [-0.2, 0) is 9.53 Å². The third-order valence-electron chi connectivity index (χ3n) is 3.34. The fourth-order valence-corrected chi connectivity index (χ4v) is 2.37. The summed E-state index contributed by atoms with van der Waals surface area (Å²) in [6.45, 7) is 0.411. The zero-order valence-electron chi connectivity index (χ0n) is 13.0. The van der Waals surface area contributed by atoms with Gasteiger partial charge in [0.1, 0.15) is 24.5 Å². The molecule has 0 saturated heterocycles. The Hall–Kier alpha value is -2.93. The molecule has 0 radical (unpaired) electrons. The van der Waals surface area contributed by atoms with Crippen LogP contribution < -0.4 is 14.8 Å². The number of phenolic OH excluding ortho intramolecular Hbond substituents is 1. The van der Waals surface area contributed by atoms with Gasteiger partial charge in [0.25, 0.3) is 5.91 Å². The van der Waals surface area contributed by atoms with Gasteiger partial charge < -0.3 is 24.6 Å². The molecule has 0 bridgehead atoms. The van der Waals surface area contributed by atoms with Crippen molar-refractivity contribution in [3.63, 3.8) is 0 Å². The molecule has 2 aromatic carbocycles. The minimum atomic E-state index is -0.827. The maximum absolute atomic E-state index is 11.9. The fourth-order valence-electron chi connectivity index (χ4n) is 2.20. The van der Waals surface area contributed by atoms with Crippen LogP contribution in [0.4, 0.5) is 5.69 Å². The standard InChI is InChI=1S/C17H14ClNO6/c18-10-1-3-12(13(20)7-10)17(22)25-9-16(21)19-11-2-4-14-15(8-11)24-6-5-23-14/h1-4,7-8,20H,5-6,9H2,(H,19,21). The summed E-state index contributed by atoms with van der Waals surface area (Å²) < 4.78 is 15.7. The highest BCUT2D eigenvalue weighted by atomic mass is 35.5. The van der Waals surface area contributed by atoms with E-state index in [1.165, 1.54) is 18.2 Å². The summed E-state index contributed by atoms with van der Waals surface area (Å²) in [5, 5.41) is 12.5. The lowest BCUT2D eigenvalue weighted by Gasteiger charge is -2.19. The van der Waals surface area contributed by atoms with Crippen LogP contribution in [0, 0.1) is 0 Å². The molecular weight excluding hydrogens is 350 g/mol. The number of phenols is 1. The summed E-state index contributed by atoms with van der Waals surface area (Å²) in [5.41, 5.74) is 0.413. The second-order valence-electron chi connectivity index (χ2n) is 5.14. The monoisotopic (exact) mass is 363 g/mol.